The number of carbonyl (C=O) groups is 2. The summed E-state index contributed by atoms with van der Waals surface area (Å²) in [4.78, 5) is 45.0. The van der Waals surface area contributed by atoms with E-state index in [1.807, 2.05) is 0 Å². The lowest BCUT2D eigenvalue weighted by Gasteiger charge is -2.37. The van der Waals surface area contributed by atoms with E-state index in [0.29, 0.717) is 23.0 Å². The number of benzene rings is 2. The van der Waals surface area contributed by atoms with Gasteiger partial charge in [0.1, 0.15) is 6.54 Å². The minimum Gasteiger partial charge on any atom is -0.465 e. The highest BCUT2D eigenvalue weighted by molar-refractivity contribution is 7.71. The number of hydrogen-bond acceptors (Lipinski definition) is 7. The molecule has 2 N–H and O–H groups in total. The molecule has 1 amide bonds. The molecule has 196 valence electrons. The van der Waals surface area contributed by atoms with Gasteiger partial charge in [0.25, 0.3) is 5.56 Å². The quantitative estimate of drug-likeness (QED) is 0.266. The Kier molecular flexibility index (Phi) is 8.40. The molecule has 10 heteroatoms. The van der Waals surface area contributed by atoms with Gasteiger partial charge in [-0.25, -0.2) is 4.79 Å². The number of carbonyl (C=O) groups excluding carboxylic acids is 2. The molecule has 0 radical (unpaired) electrons. The van der Waals surface area contributed by atoms with E-state index in [1.54, 1.807) is 0 Å². The Balaban J connectivity index is 1.26. The van der Waals surface area contributed by atoms with Crippen LogP contribution in [0.2, 0.25) is 0 Å². The maximum Gasteiger partial charge on any atom is 0.337 e. The van der Waals surface area contributed by atoms with Crippen LogP contribution in [0.1, 0.15) is 27.9 Å². The Morgan fingerprint density at radius 2 is 1.84 bits per heavy atom. The zero-order chi connectivity index (χ0) is 26.5. The van der Waals surface area contributed by atoms with E-state index in [9.17, 15) is 14.4 Å². The molecule has 0 aliphatic carbocycles. The second-order valence-electron chi connectivity index (χ2n) is 9.40. The van der Waals surface area contributed by atoms with Gasteiger partial charge in [-0.3, -0.25) is 19.1 Å². The number of fused-ring (bicyclic) bond motifs is 1. The number of esters is 1. The van der Waals surface area contributed by atoms with Gasteiger partial charge in [-0.2, -0.15) is 0 Å². The number of piperazine rings is 1. The molecule has 4 rings (SSSR count). The fourth-order valence-electron chi connectivity index (χ4n) is 4.65. The SMILES string of the molecule is COC(=O)c1ccc2c(=O)n(CC(=O)NCCCN3CCN(c4cc(C)ccc4C)CC3)c(=S)[nH]c2c1. The van der Waals surface area contributed by atoms with Gasteiger partial charge in [0.2, 0.25) is 5.91 Å². The van der Waals surface area contributed by atoms with Gasteiger partial charge >= 0.3 is 5.97 Å². The topological polar surface area (TPSA) is 99.7 Å². The van der Waals surface area contributed by atoms with Gasteiger partial charge in [0.05, 0.1) is 23.6 Å². The normalized spacial score (nSPS) is 14.1. The zero-order valence-electron chi connectivity index (χ0n) is 21.5. The van der Waals surface area contributed by atoms with E-state index in [2.05, 4.69) is 52.1 Å². The molecule has 1 aromatic heterocycles. The maximum absolute atomic E-state index is 12.9. The Morgan fingerprint density at radius 1 is 1.08 bits per heavy atom. The standard InChI is InChI=1S/C27H33N5O4S/c1-18-5-6-19(2)23(15-18)31-13-11-30(12-14-31)10-4-9-28-24(33)17-32-25(34)21-8-7-20(26(35)36-3)16-22(21)29-27(32)37/h5-8,15-16H,4,9-14,17H2,1-3H3,(H,28,33)(H,29,37). The smallest absolute Gasteiger partial charge is 0.337 e. The Bertz CT molecular complexity index is 1420. The van der Waals surface area contributed by atoms with E-state index in [1.165, 1.54) is 46.7 Å². The number of nitrogens with one attached hydrogen (secondary N) is 2. The Labute approximate surface area is 221 Å². The van der Waals surface area contributed by atoms with E-state index < -0.39 is 5.97 Å². The average Bonchev–Trinajstić information content (AvgIpc) is 2.90. The monoisotopic (exact) mass is 523 g/mol. The molecule has 37 heavy (non-hydrogen) atoms. The molecule has 0 saturated carbocycles. The molecule has 0 unspecified atom stereocenters. The predicted molar refractivity (Wildman–Crippen MR) is 147 cm³/mol. The number of aryl methyl sites for hydroxylation is 2. The second kappa shape index (κ2) is 11.7. The number of anilines is 1. The first-order valence-electron chi connectivity index (χ1n) is 12.4. The minimum atomic E-state index is -0.506. The second-order valence-corrected chi connectivity index (χ2v) is 9.78. The van der Waals surface area contributed by atoms with Gasteiger partial charge < -0.3 is 19.9 Å². The van der Waals surface area contributed by atoms with Crippen molar-refractivity contribution in [3.63, 3.8) is 0 Å². The average molecular weight is 524 g/mol. The number of hydrogen-bond donors (Lipinski definition) is 2. The molecular formula is C27H33N5O4S. The summed E-state index contributed by atoms with van der Waals surface area (Å²) in [6, 6.07) is 11.1. The summed E-state index contributed by atoms with van der Waals surface area (Å²) in [6.07, 6.45) is 0.824. The fourth-order valence-corrected chi connectivity index (χ4v) is 4.90. The molecule has 1 aliphatic heterocycles. The molecule has 0 spiro atoms. The van der Waals surface area contributed by atoms with Crippen molar-refractivity contribution in [3.05, 3.63) is 68.2 Å². The third-order valence-electron chi connectivity index (χ3n) is 6.76. The lowest BCUT2D eigenvalue weighted by Crippen LogP contribution is -2.47. The van der Waals surface area contributed by atoms with Crippen LogP contribution in [-0.4, -0.2) is 72.7 Å². The van der Waals surface area contributed by atoms with Crippen LogP contribution >= 0.6 is 12.2 Å². The third kappa shape index (κ3) is 6.26. The molecule has 1 fully saturated rings. The molecule has 3 aromatic rings. The third-order valence-corrected chi connectivity index (χ3v) is 7.08. The lowest BCUT2D eigenvalue weighted by molar-refractivity contribution is -0.121. The van der Waals surface area contributed by atoms with Crippen LogP contribution in [0.5, 0.6) is 0 Å². The van der Waals surface area contributed by atoms with Crippen molar-refractivity contribution in [2.45, 2.75) is 26.8 Å². The summed E-state index contributed by atoms with van der Waals surface area (Å²) in [5.41, 5.74) is 4.25. The summed E-state index contributed by atoms with van der Waals surface area (Å²) in [7, 11) is 1.29. The largest absolute Gasteiger partial charge is 0.465 e. The highest BCUT2D eigenvalue weighted by atomic mass is 32.1. The zero-order valence-corrected chi connectivity index (χ0v) is 22.3. The van der Waals surface area contributed by atoms with Crippen LogP contribution in [0.15, 0.2) is 41.2 Å². The van der Waals surface area contributed by atoms with Crippen molar-refractivity contribution in [2.24, 2.45) is 0 Å². The molecule has 1 aliphatic rings. The number of ether oxygens (including phenoxy) is 1. The Morgan fingerprint density at radius 3 is 2.57 bits per heavy atom. The first kappa shape index (κ1) is 26.6. The molecule has 1 saturated heterocycles. The summed E-state index contributed by atoms with van der Waals surface area (Å²) >= 11 is 5.30. The molecule has 2 heterocycles. The fraction of sp³-hybridized carbons (Fsp3) is 0.407. The van der Waals surface area contributed by atoms with Crippen LogP contribution in [0.3, 0.4) is 0 Å². The number of methoxy groups -OCH3 is 1. The highest BCUT2D eigenvalue weighted by Gasteiger charge is 2.18. The molecule has 0 atom stereocenters. The van der Waals surface area contributed by atoms with Crippen molar-refractivity contribution in [1.82, 2.24) is 19.8 Å². The van der Waals surface area contributed by atoms with Crippen LogP contribution in [0.4, 0.5) is 5.69 Å². The van der Waals surface area contributed by atoms with Gasteiger partial charge in [0, 0.05) is 38.4 Å². The first-order chi connectivity index (χ1) is 17.8. The summed E-state index contributed by atoms with van der Waals surface area (Å²) in [6.45, 7) is 9.49. The summed E-state index contributed by atoms with van der Waals surface area (Å²) < 4.78 is 6.07. The first-order valence-corrected chi connectivity index (χ1v) is 12.8. The number of aromatic amines is 1. The molecule has 2 aromatic carbocycles. The lowest BCUT2D eigenvalue weighted by atomic mass is 10.1. The van der Waals surface area contributed by atoms with E-state index in [-0.39, 0.29) is 22.8 Å². The van der Waals surface area contributed by atoms with Crippen molar-refractivity contribution in [1.29, 1.82) is 0 Å². The molecular weight excluding hydrogens is 490 g/mol. The van der Waals surface area contributed by atoms with Crippen molar-refractivity contribution in [2.75, 3.05) is 51.3 Å². The van der Waals surface area contributed by atoms with Crippen molar-refractivity contribution in [3.8, 4) is 0 Å². The predicted octanol–water partition coefficient (Wildman–Crippen LogP) is 2.79. The number of nitrogens with zero attached hydrogens (tertiary/aromatic N) is 3. The van der Waals surface area contributed by atoms with E-state index >= 15 is 0 Å². The summed E-state index contributed by atoms with van der Waals surface area (Å²) in [5, 5.41) is 3.24. The number of rotatable bonds is 8. The van der Waals surface area contributed by atoms with Crippen molar-refractivity contribution >= 4 is 40.7 Å². The van der Waals surface area contributed by atoms with Crippen LogP contribution in [-0.2, 0) is 16.1 Å². The van der Waals surface area contributed by atoms with Crippen molar-refractivity contribution < 1.29 is 14.3 Å². The van der Waals surface area contributed by atoms with Crippen LogP contribution in [0, 0.1) is 18.6 Å². The van der Waals surface area contributed by atoms with Gasteiger partial charge in [-0.05, 0) is 74.4 Å². The van der Waals surface area contributed by atoms with E-state index in [0.717, 1.165) is 39.1 Å². The number of aromatic nitrogens is 2. The highest BCUT2D eigenvalue weighted by Crippen LogP contribution is 2.22. The number of amides is 1. The van der Waals surface area contributed by atoms with Gasteiger partial charge in [-0.1, -0.05) is 12.1 Å². The minimum absolute atomic E-state index is 0.122. The van der Waals surface area contributed by atoms with Crippen LogP contribution in [0.25, 0.3) is 10.9 Å². The Hall–Kier alpha value is -3.50. The van der Waals surface area contributed by atoms with Gasteiger partial charge in [0.15, 0.2) is 4.77 Å². The van der Waals surface area contributed by atoms with Gasteiger partial charge in [-0.15, -0.1) is 0 Å². The molecule has 0 bridgehead atoms. The summed E-state index contributed by atoms with van der Waals surface area (Å²) in [5.74, 6) is -0.778. The van der Waals surface area contributed by atoms with Crippen LogP contribution < -0.4 is 15.8 Å². The maximum atomic E-state index is 12.9. The van der Waals surface area contributed by atoms with E-state index in [4.69, 9.17) is 17.0 Å². The molecule has 9 nitrogen and oxygen atoms in total. The number of H-pyrrole nitrogens is 1.